The van der Waals surface area contributed by atoms with Gasteiger partial charge >= 0.3 is 0 Å². The molecule has 1 saturated carbocycles. The maximum absolute atomic E-state index is 10.8. The van der Waals surface area contributed by atoms with Gasteiger partial charge in [-0.1, -0.05) is 24.3 Å². The molecule has 14 heavy (non-hydrogen) atoms. The highest BCUT2D eigenvalue weighted by molar-refractivity contribution is 8.13. The van der Waals surface area contributed by atoms with Crippen molar-refractivity contribution in [3.63, 3.8) is 0 Å². The summed E-state index contributed by atoms with van der Waals surface area (Å²) in [4.78, 5) is 0. The van der Waals surface area contributed by atoms with E-state index in [1.165, 1.54) is 18.4 Å². The monoisotopic (exact) mass is 230 g/mol. The van der Waals surface area contributed by atoms with Gasteiger partial charge in [0.25, 0.3) is 0 Å². The van der Waals surface area contributed by atoms with E-state index in [-0.39, 0.29) is 5.75 Å². The third-order valence-corrected chi connectivity index (χ3v) is 3.37. The summed E-state index contributed by atoms with van der Waals surface area (Å²) < 4.78 is 21.6. The van der Waals surface area contributed by atoms with E-state index < -0.39 is 9.05 Å². The molecule has 1 aromatic rings. The van der Waals surface area contributed by atoms with Gasteiger partial charge in [-0.3, -0.25) is 0 Å². The van der Waals surface area contributed by atoms with Crippen molar-refractivity contribution in [1.82, 2.24) is 0 Å². The molecule has 4 heteroatoms. The van der Waals surface area contributed by atoms with Crippen LogP contribution in [0.2, 0.25) is 0 Å². The van der Waals surface area contributed by atoms with E-state index in [1.807, 2.05) is 24.3 Å². The first-order valence-corrected chi connectivity index (χ1v) is 7.03. The summed E-state index contributed by atoms with van der Waals surface area (Å²) in [5, 5.41) is 0. The number of benzene rings is 1. The number of halogens is 1. The van der Waals surface area contributed by atoms with Crippen LogP contribution in [0, 0.1) is 0 Å². The summed E-state index contributed by atoms with van der Waals surface area (Å²) in [5.41, 5.74) is 2.06. The first-order chi connectivity index (χ1) is 6.54. The molecule has 0 aliphatic heterocycles. The molecule has 0 spiro atoms. The minimum atomic E-state index is -3.42. The molecule has 0 unspecified atom stereocenters. The maximum atomic E-state index is 10.8. The van der Waals surface area contributed by atoms with Crippen molar-refractivity contribution in [3.8, 4) is 0 Å². The Morgan fingerprint density at radius 1 is 1.21 bits per heavy atom. The van der Waals surface area contributed by atoms with Gasteiger partial charge in [0, 0.05) is 10.7 Å². The van der Waals surface area contributed by atoms with Crippen LogP contribution in [0.1, 0.15) is 29.9 Å². The highest BCUT2D eigenvalue weighted by atomic mass is 35.7. The lowest BCUT2D eigenvalue weighted by atomic mass is 10.1. The number of hydrogen-bond acceptors (Lipinski definition) is 2. The Labute approximate surface area is 88.3 Å². The molecule has 76 valence electrons. The van der Waals surface area contributed by atoms with E-state index in [0.717, 1.165) is 5.56 Å². The minimum absolute atomic E-state index is 0.0838. The molecule has 1 aromatic carbocycles. The standard InChI is InChI=1S/C10H11ClO2S/c11-14(12,13)7-8-1-3-9(4-2-8)10-5-6-10/h1-4,10H,5-7H2. The summed E-state index contributed by atoms with van der Waals surface area (Å²) in [6.07, 6.45) is 2.51. The third kappa shape index (κ3) is 2.72. The van der Waals surface area contributed by atoms with Crippen LogP contribution in [0.15, 0.2) is 24.3 Å². The summed E-state index contributed by atoms with van der Waals surface area (Å²) in [6.45, 7) is 0. The molecule has 1 aliphatic rings. The molecule has 0 N–H and O–H groups in total. The molecule has 0 heterocycles. The Kier molecular flexibility index (Phi) is 2.54. The Morgan fingerprint density at radius 2 is 1.79 bits per heavy atom. The zero-order valence-corrected chi connectivity index (χ0v) is 9.18. The average molecular weight is 231 g/mol. The average Bonchev–Trinajstić information content (AvgIpc) is 2.85. The van der Waals surface area contributed by atoms with Crippen LogP contribution in [0.3, 0.4) is 0 Å². The summed E-state index contributed by atoms with van der Waals surface area (Å²) in [5.74, 6) is 0.621. The van der Waals surface area contributed by atoms with Crippen LogP contribution in [0.4, 0.5) is 0 Å². The van der Waals surface area contributed by atoms with Gasteiger partial charge in [-0.05, 0) is 29.9 Å². The van der Waals surface area contributed by atoms with Crippen LogP contribution in [0.5, 0.6) is 0 Å². The second-order valence-electron chi connectivity index (χ2n) is 3.70. The van der Waals surface area contributed by atoms with Crippen molar-refractivity contribution in [2.45, 2.75) is 24.5 Å². The lowest BCUT2D eigenvalue weighted by molar-refractivity contribution is 0.609. The van der Waals surface area contributed by atoms with Gasteiger partial charge in [-0.15, -0.1) is 0 Å². The minimum Gasteiger partial charge on any atom is -0.212 e. The quantitative estimate of drug-likeness (QED) is 0.749. The summed E-state index contributed by atoms with van der Waals surface area (Å²) >= 11 is 0. The van der Waals surface area contributed by atoms with Gasteiger partial charge < -0.3 is 0 Å². The Morgan fingerprint density at radius 3 is 2.21 bits per heavy atom. The van der Waals surface area contributed by atoms with Crippen LogP contribution in [-0.2, 0) is 14.8 Å². The van der Waals surface area contributed by atoms with Crippen molar-refractivity contribution in [3.05, 3.63) is 35.4 Å². The van der Waals surface area contributed by atoms with Crippen molar-refractivity contribution >= 4 is 19.7 Å². The van der Waals surface area contributed by atoms with Gasteiger partial charge in [-0.25, -0.2) is 8.42 Å². The second-order valence-corrected chi connectivity index (χ2v) is 6.48. The van der Waals surface area contributed by atoms with Crippen molar-refractivity contribution in [1.29, 1.82) is 0 Å². The Bertz CT molecular complexity index is 418. The van der Waals surface area contributed by atoms with E-state index in [1.54, 1.807) is 0 Å². The van der Waals surface area contributed by atoms with Gasteiger partial charge in [0.1, 0.15) is 0 Å². The number of hydrogen-bond donors (Lipinski definition) is 0. The van der Waals surface area contributed by atoms with E-state index in [0.29, 0.717) is 5.92 Å². The molecule has 1 fully saturated rings. The molecular weight excluding hydrogens is 220 g/mol. The molecule has 0 amide bonds. The predicted octanol–water partition coefficient (Wildman–Crippen LogP) is 2.63. The topological polar surface area (TPSA) is 34.1 Å². The second kappa shape index (κ2) is 3.55. The van der Waals surface area contributed by atoms with Crippen LogP contribution >= 0.6 is 10.7 Å². The normalized spacial score (nSPS) is 16.9. The zero-order chi connectivity index (χ0) is 10.2. The molecule has 0 bridgehead atoms. The first kappa shape index (κ1) is 9.99. The summed E-state index contributed by atoms with van der Waals surface area (Å²) in [6, 6.07) is 7.67. The van der Waals surface area contributed by atoms with Gasteiger partial charge in [0.2, 0.25) is 9.05 Å². The lowest BCUT2D eigenvalue weighted by Gasteiger charge is -2.00. The largest absolute Gasteiger partial charge is 0.236 e. The first-order valence-electron chi connectivity index (χ1n) is 4.56. The fraction of sp³-hybridized carbons (Fsp3) is 0.400. The van der Waals surface area contributed by atoms with E-state index >= 15 is 0 Å². The SMILES string of the molecule is O=S(=O)(Cl)Cc1ccc(C2CC2)cc1. The zero-order valence-electron chi connectivity index (χ0n) is 7.61. The maximum Gasteiger partial charge on any atom is 0.236 e. The van der Waals surface area contributed by atoms with E-state index in [2.05, 4.69) is 0 Å². The van der Waals surface area contributed by atoms with Crippen LogP contribution < -0.4 is 0 Å². The smallest absolute Gasteiger partial charge is 0.212 e. The molecule has 1 aliphatic carbocycles. The molecule has 2 nitrogen and oxygen atoms in total. The fourth-order valence-electron chi connectivity index (χ4n) is 1.50. The molecule has 2 rings (SSSR count). The van der Waals surface area contributed by atoms with Crippen LogP contribution in [-0.4, -0.2) is 8.42 Å². The van der Waals surface area contributed by atoms with Gasteiger partial charge in [0.15, 0.2) is 0 Å². The predicted molar refractivity (Wildman–Crippen MR) is 56.9 cm³/mol. The molecule has 0 saturated heterocycles. The molecule has 0 atom stereocenters. The Hall–Kier alpha value is -0.540. The third-order valence-electron chi connectivity index (χ3n) is 2.37. The molecular formula is C10H11ClO2S. The fourth-order valence-corrected chi connectivity index (χ4v) is 2.47. The molecule has 0 aromatic heterocycles. The van der Waals surface area contributed by atoms with E-state index in [9.17, 15) is 8.42 Å². The van der Waals surface area contributed by atoms with Crippen molar-refractivity contribution < 1.29 is 8.42 Å². The van der Waals surface area contributed by atoms with Crippen LogP contribution in [0.25, 0.3) is 0 Å². The molecule has 0 radical (unpaired) electrons. The summed E-state index contributed by atoms with van der Waals surface area (Å²) in [7, 11) is 1.73. The van der Waals surface area contributed by atoms with Gasteiger partial charge in [0.05, 0.1) is 5.75 Å². The highest BCUT2D eigenvalue weighted by Crippen LogP contribution is 2.39. The van der Waals surface area contributed by atoms with Crippen molar-refractivity contribution in [2.75, 3.05) is 0 Å². The Balaban J connectivity index is 2.13. The lowest BCUT2D eigenvalue weighted by Crippen LogP contribution is -1.94. The highest BCUT2D eigenvalue weighted by Gasteiger charge is 2.23. The number of rotatable bonds is 3. The van der Waals surface area contributed by atoms with E-state index in [4.69, 9.17) is 10.7 Å². The van der Waals surface area contributed by atoms with Gasteiger partial charge in [-0.2, -0.15) is 0 Å². The van der Waals surface area contributed by atoms with Crippen molar-refractivity contribution in [2.24, 2.45) is 0 Å².